The van der Waals surface area contributed by atoms with Gasteiger partial charge in [0.15, 0.2) is 0 Å². The van der Waals surface area contributed by atoms with Gasteiger partial charge in [0.2, 0.25) is 5.91 Å². The molecule has 0 heterocycles. The number of amides is 1. The molecule has 1 rings (SSSR count). The first-order valence-corrected chi connectivity index (χ1v) is 5.56. The van der Waals surface area contributed by atoms with Crippen LogP contribution in [0.4, 0.5) is 17.6 Å². The van der Waals surface area contributed by atoms with Crippen molar-refractivity contribution in [2.24, 2.45) is 5.73 Å². The van der Waals surface area contributed by atoms with Gasteiger partial charge in [0, 0.05) is 0 Å². The van der Waals surface area contributed by atoms with Crippen LogP contribution in [0, 0.1) is 0 Å². The lowest BCUT2D eigenvalue weighted by Crippen LogP contribution is -2.48. The van der Waals surface area contributed by atoms with Crippen molar-refractivity contribution in [3.8, 4) is 0 Å². The van der Waals surface area contributed by atoms with Crippen molar-refractivity contribution >= 4 is 5.91 Å². The van der Waals surface area contributed by atoms with Crippen LogP contribution >= 0.6 is 0 Å². The van der Waals surface area contributed by atoms with E-state index in [2.05, 4.69) is 0 Å². The summed E-state index contributed by atoms with van der Waals surface area (Å²) in [6.45, 7) is -1.42. The fourth-order valence-electron chi connectivity index (χ4n) is 1.37. The first-order chi connectivity index (χ1) is 8.83. The van der Waals surface area contributed by atoms with E-state index in [9.17, 15) is 22.4 Å². The van der Waals surface area contributed by atoms with Gasteiger partial charge in [-0.2, -0.15) is 8.78 Å². The van der Waals surface area contributed by atoms with E-state index in [-0.39, 0.29) is 6.42 Å². The third-order valence-electron chi connectivity index (χ3n) is 2.45. The van der Waals surface area contributed by atoms with Crippen LogP contribution in [0.15, 0.2) is 30.3 Å². The van der Waals surface area contributed by atoms with Gasteiger partial charge in [-0.1, -0.05) is 30.3 Å². The van der Waals surface area contributed by atoms with E-state index in [4.69, 9.17) is 5.73 Å². The summed E-state index contributed by atoms with van der Waals surface area (Å²) in [4.78, 5) is 11.4. The van der Waals surface area contributed by atoms with Crippen molar-refractivity contribution in [3.63, 3.8) is 0 Å². The highest BCUT2D eigenvalue weighted by atomic mass is 19.3. The molecule has 3 N–H and O–H groups in total. The molecule has 0 fully saturated rings. The summed E-state index contributed by atoms with van der Waals surface area (Å²) in [6, 6.07) is 7.64. The molecule has 0 aliphatic heterocycles. The minimum absolute atomic E-state index is 0.146. The molecule has 7 heteroatoms. The molecule has 19 heavy (non-hydrogen) atoms. The Kier molecular flexibility index (Phi) is 5.29. The second-order valence-electron chi connectivity index (χ2n) is 4.08. The fraction of sp³-hybridized carbons (Fsp3) is 0.417. The Bertz CT molecular complexity index is 411. The van der Waals surface area contributed by atoms with Gasteiger partial charge in [-0.05, 0) is 12.0 Å². The first kappa shape index (κ1) is 15.4. The molecule has 0 aromatic heterocycles. The molecule has 0 saturated carbocycles. The molecular weight excluding hydrogens is 264 g/mol. The van der Waals surface area contributed by atoms with E-state index in [1.165, 1.54) is 0 Å². The summed E-state index contributed by atoms with van der Waals surface area (Å²) in [5.74, 6) is -5.13. The van der Waals surface area contributed by atoms with Crippen LogP contribution in [0.2, 0.25) is 0 Å². The van der Waals surface area contributed by atoms with Gasteiger partial charge in [-0.3, -0.25) is 4.79 Å². The Labute approximate surface area is 107 Å². The maximum Gasteiger partial charge on any atom is 0.324 e. The monoisotopic (exact) mass is 278 g/mol. The van der Waals surface area contributed by atoms with Crippen molar-refractivity contribution in [2.45, 2.75) is 24.8 Å². The van der Waals surface area contributed by atoms with Gasteiger partial charge < -0.3 is 11.1 Å². The summed E-state index contributed by atoms with van der Waals surface area (Å²) < 4.78 is 48.9. The highest BCUT2D eigenvalue weighted by molar-refractivity contribution is 5.81. The zero-order chi connectivity index (χ0) is 14.5. The zero-order valence-electron chi connectivity index (χ0n) is 9.95. The number of nitrogens with one attached hydrogen (secondary N) is 1. The van der Waals surface area contributed by atoms with Crippen molar-refractivity contribution < 1.29 is 22.4 Å². The highest BCUT2D eigenvalue weighted by Crippen LogP contribution is 2.21. The normalized spacial score (nSPS) is 13.4. The number of carbonyl (C=O) groups excluding carboxylic acids is 1. The van der Waals surface area contributed by atoms with E-state index in [0.717, 1.165) is 5.56 Å². The molecule has 106 valence electrons. The van der Waals surface area contributed by atoms with Crippen LogP contribution in [0.3, 0.4) is 0 Å². The van der Waals surface area contributed by atoms with Crippen LogP contribution in [-0.2, 0) is 11.2 Å². The van der Waals surface area contributed by atoms with Crippen molar-refractivity contribution in [1.29, 1.82) is 0 Å². The smallest absolute Gasteiger partial charge is 0.324 e. The molecule has 0 radical (unpaired) electrons. The molecule has 0 spiro atoms. The van der Waals surface area contributed by atoms with Crippen LogP contribution < -0.4 is 11.1 Å². The standard InChI is InChI=1S/C12H14F4N2O/c13-11(14)12(15,16)7-18-10(19)9(17)6-8-4-2-1-3-5-8/h1-5,9,11H,6-7,17H2,(H,18,19)/t9-/m0/s1. The number of alkyl halides is 4. The number of halogens is 4. The van der Waals surface area contributed by atoms with E-state index >= 15 is 0 Å². The number of carbonyl (C=O) groups is 1. The second-order valence-corrected chi connectivity index (χ2v) is 4.08. The average molecular weight is 278 g/mol. The minimum atomic E-state index is -4.25. The van der Waals surface area contributed by atoms with Gasteiger partial charge in [-0.25, -0.2) is 8.78 Å². The van der Waals surface area contributed by atoms with Gasteiger partial charge in [-0.15, -0.1) is 0 Å². The molecule has 0 unspecified atom stereocenters. The Morgan fingerprint density at radius 2 is 1.84 bits per heavy atom. The quantitative estimate of drug-likeness (QED) is 0.776. The van der Waals surface area contributed by atoms with E-state index in [1.54, 1.807) is 35.6 Å². The summed E-state index contributed by atoms with van der Waals surface area (Å²) >= 11 is 0. The molecular formula is C12H14F4N2O. The third-order valence-corrected chi connectivity index (χ3v) is 2.45. The number of rotatable bonds is 6. The van der Waals surface area contributed by atoms with Crippen LogP contribution in [0.5, 0.6) is 0 Å². The number of benzene rings is 1. The second kappa shape index (κ2) is 6.51. The molecule has 1 amide bonds. The SMILES string of the molecule is N[C@@H](Cc1ccccc1)C(=O)NCC(F)(F)C(F)F. The fourth-order valence-corrected chi connectivity index (χ4v) is 1.37. The van der Waals surface area contributed by atoms with Crippen LogP contribution in [-0.4, -0.2) is 30.8 Å². The van der Waals surface area contributed by atoms with Gasteiger partial charge >= 0.3 is 12.3 Å². The van der Waals surface area contributed by atoms with E-state index < -0.39 is 30.8 Å². The highest BCUT2D eigenvalue weighted by Gasteiger charge is 2.41. The zero-order valence-corrected chi connectivity index (χ0v) is 9.95. The molecule has 1 aromatic rings. The Hall–Kier alpha value is -1.63. The molecule has 3 nitrogen and oxygen atoms in total. The van der Waals surface area contributed by atoms with Crippen LogP contribution in [0.1, 0.15) is 5.56 Å². The molecule has 1 aromatic carbocycles. The summed E-state index contributed by atoms with van der Waals surface area (Å²) in [7, 11) is 0. The lowest BCUT2D eigenvalue weighted by atomic mass is 10.1. The van der Waals surface area contributed by atoms with Gasteiger partial charge in [0.25, 0.3) is 0 Å². The lowest BCUT2D eigenvalue weighted by molar-refractivity contribution is -0.137. The van der Waals surface area contributed by atoms with Crippen LogP contribution in [0.25, 0.3) is 0 Å². The summed E-state index contributed by atoms with van der Waals surface area (Å²) in [6.07, 6.45) is -3.68. The third kappa shape index (κ3) is 4.86. The molecule has 0 saturated heterocycles. The topological polar surface area (TPSA) is 55.1 Å². The number of hydrogen-bond donors (Lipinski definition) is 2. The van der Waals surface area contributed by atoms with E-state index in [0.29, 0.717) is 0 Å². The summed E-state index contributed by atoms with van der Waals surface area (Å²) in [5.41, 5.74) is 6.27. The molecule has 1 atom stereocenters. The average Bonchev–Trinajstić information content (AvgIpc) is 2.37. The molecule has 0 bridgehead atoms. The first-order valence-electron chi connectivity index (χ1n) is 5.56. The number of hydrogen-bond acceptors (Lipinski definition) is 2. The Morgan fingerprint density at radius 3 is 2.37 bits per heavy atom. The maximum atomic E-state index is 12.6. The summed E-state index contributed by atoms with van der Waals surface area (Å²) in [5, 5.41) is 1.73. The predicted molar refractivity (Wildman–Crippen MR) is 62.1 cm³/mol. The maximum absolute atomic E-state index is 12.6. The lowest BCUT2D eigenvalue weighted by Gasteiger charge is -2.18. The van der Waals surface area contributed by atoms with Gasteiger partial charge in [0.05, 0.1) is 12.6 Å². The van der Waals surface area contributed by atoms with E-state index in [1.807, 2.05) is 0 Å². The largest absolute Gasteiger partial charge is 0.348 e. The van der Waals surface area contributed by atoms with Crippen molar-refractivity contribution in [3.05, 3.63) is 35.9 Å². The molecule has 0 aliphatic carbocycles. The molecule has 0 aliphatic rings. The minimum Gasteiger partial charge on any atom is -0.348 e. The Balaban J connectivity index is 2.46. The Morgan fingerprint density at radius 1 is 1.26 bits per heavy atom. The van der Waals surface area contributed by atoms with Crippen molar-refractivity contribution in [1.82, 2.24) is 5.32 Å². The van der Waals surface area contributed by atoms with Crippen molar-refractivity contribution in [2.75, 3.05) is 6.54 Å². The number of nitrogens with two attached hydrogens (primary N) is 1. The predicted octanol–water partition coefficient (Wildman–Crippen LogP) is 1.57. The van der Waals surface area contributed by atoms with Gasteiger partial charge in [0.1, 0.15) is 0 Å².